The van der Waals surface area contributed by atoms with Gasteiger partial charge in [0.05, 0.1) is 0 Å². The fourth-order valence-electron chi connectivity index (χ4n) is 1.72. The van der Waals surface area contributed by atoms with E-state index in [4.69, 9.17) is 19.3 Å². The molecule has 4 N–H and O–H groups in total. The van der Waals surface area contributed by atoms with Crippen molar-refractivity contribution in [1.29, 1.82) is 0 Å². The van der Waals surface area contributed by atoms with Crippen LogP contribution in [0.3, 0.4) is 0 Å². The van der Waals surface area contributed by atoms with Gasteiger partial charge in [-0.2, -0.15) is 0 Å². The molecule has 0 aliphatic heterocycles. The highest BCUT2D eigenvalue weighted by Gasteiger charge is 1.99. The minimum Gasteiger partial charge on any atom is -0.399 e. The van der Waals surface area contributed by atoms with Crippen molar-refractivity contribution in [1.82, 2.24) is 0 Å². The third-order valence-electron chi connectivity index (χ3n) is 2.43. The number of hydrogen-bond acceptors (Lipinski definition) is 2. The third-order valence-corrected chi connectivity index (χ3v) is 2.43. The minimum absolute atomic E-state index is 0.699. The monoisotopic (exact) mass is 208 g/mol. The van der Waals surface area contributed by atoms with Gasteiger partial charge in [-0.25, -0.2) is 0 Å². The summed E-state index contributed by atoms with van der Waals surface area (Å²) in [4.78, 5) is 0. The molecular formula is C13H13BN2. The van der Waals surface area contributed by atoms with Crippen LogP contribution < -0.4 is 16.9 Å². The molecule has 16 heavy (non-hydrogen) atoms. The van der Waals surface area contributed by atoms with Crippen LogP contribution >= 0.6 is 0 Å². The van der Waals surface area contributed by atoms with E-state index in [1.54, 1.807) is 6.07 Å². The molecule has 0 aromatic heterocycles. The molecule has 0 amide bonds. The van der Waals surface area contributed by atoms with Gasteiger partial charge in [0.2, 0.25) is 0 Å². The third kappa shape index (κ3) is 2.57. The fraction of sp³-hybridized carbons (Fsp3) is 0.0769. The normalized spacial score (nSPS) is 10.2. The molecule has 0 fully saturated rings. The molecule has 0 saturated heterocycles. The molecule has 2 rings (SSSR count). The predicted octanol–water partition coefficient (Wildman–Crippen LogP) is 1.24. The Morgan fingerprint density at radius 3 is 1.94 bits per heavy atom. The average Bonchev–Trinajstić information content (AvgIpc) is 2.20. The predicted molar refractivity (Wildman–Crippen MR) is 69.9 cm³/mol. The van der Waals surface area contributed by atoms with Crippen molar-refractivity contribution in [3.05, 3.63) is 53.6 Å². The largest absolute Gasteiger partial charge is 0.399 e. The molecule has 0 bridgehead atoms. The van der Waals surface area contributed by atoms with E-state index in [2.05, 4.69) is 0 Å². The number of rotatable bonds is 2. The van der Waals surface area contributed by atoms with Gasteiger partial charge >= 0.3 is 0 Å². The lowest BCUT2D eigenvalue weighted by Gasteiger charge is -2.05. The Bertz CT molecular complexity index is 472. The molecule has 0 atom stereocenters. The molecule has 2 nitrogen and oxygen atoms in total. The highest BCUT2D eigenvalue weighted by atomic mass is 14.6. The molecule has 0 unspecified atom stereocenters. The van der Waals surface area contributed by atoms with Crippen molar-refractivity contribution in [3.8, 4) is 0 Å². The highest BCUT2D eigenvalue weighted by Crippen LogP contribution is 2.16. The summed E-state index contributed by atoms with van der Waals surface area (Å²) in [6, 6.07) is 13.4. The first kappa shape index (κ1) is 10.6. The van der Waals surface area contributed by atoms with Crippen molar-refractivity contribution in [2.24, 2.45) is 0 Å². The number of anilines is 2. The molecule has 3 heteroatoms. The Hall–Kier alpha value is -1.90. The van der Waals surface area contributed by atoms with E-state index in [9.17, 15) is 0 Å². The van der Waals surface area contributed by atoms with E-state index < -0.39 is 0 Å². The molecule has 0 spiro atoms. The average molecular weight is 208 g/mol. The van der Waals surface area contributed by atoms with Crippen LogP contribution in [0.5, 0.6) is 0 Å². The van der Waals surface area contributed by atoms with Gasteiger partial charge in [0.1, 0.15) is 7.85 Å². The zero-order chi connectivity index (χ0) is 11.5. The van der Waals surface area contributed by atoms with Gasteiger partial charge in [-0.05, 0) is 35.7 Å². The standard InChI is InChI=1S/C13H13BN2/c14-11-3-1-9(2-4-11)5-10-6-12(15)8-13(16)7-10/h1-4,6-8H,5,15-16H2. The van der Waals surface area contributed by atoms with Gasteiger partial charge in [0.15, 0.2) is 0 Å². The summed E-state index contributed by atoms with van der Waals surface area (Å²) < 4.78 is 0. The van der Waals surface area contributed by atoms with Gasteiger partial charge in [-0.3, -0.25) is 0 Å². The maximum absolute atomic E-state index is 5.74. The zero-order valence-electron chi connectivity index (χ0n) is 8.98. The van der Waals surface area contributed by atoms with Gasteiger partial charge in [-0.1, -0.05) is 29.7 Å². The lowest BCUT2D eigenvalue weighted by molar-refractivity contribution is 1.20. The second-order valence-corrected chi connectivity index (χ2v) is 3.93. The van der Waals surface area contributed by atoms with Crippen LogP contribution in [-0.2, 0) is 6.42 Å². The first-order chi connectivity index (χ1) is 7.63. The zero-order valence-corrected chi connectivity index (χ0v) is 8.98. The molecule has 2 aromatic rings. The van der Waals surface area contributed by atoms with E-state index in [-0.39, 0.29) is 0 Å². The van der Waals surface area contributed by atoms with Crippen LogP contribution in [0.15, 0.2) is 42.5 Å². The first-order valence-corrected chi connectivity index (χ1v) is 5.13. The van der Waals surface area contributed by atoms with Crippen molar-refractivity contribution in [2.45, 2.75) is 6.42 Å². The summed E-state index contributed by atoms with van der Waals surface area (Å²) in [7, 11) is 5.63. The van der Waals surface area contributed by atoms with Crippen LogP contribution in [0.2, 0.25) is 0 Å². The Morgan fingerprint density at radius 1 is 0.812 bits per heavy atom. The summed E-state index contributed by atoms with van der Waals surface area (Å²) in [5.41, 5.74) is 16.0. The topological polar surface area (TPSA) is 52.0 Å². The van der Waals surface area contributed by atoms with Crippen LogP contribution in [0, 0.1) is 0 Å². The first-order valence-electron chi connectivity index (χ1n) is 5.13. The summed E-state index contributed by atoms with van der Waals surface area (Å²) in [5.74, 6) is 0. The molecule has 0 heterocycles. The van der Waals surface area contributed by atoms with Crippen LogP contribution in [0.4, 0.5) is 11.4 Å². The highest BCUT2D eigenvalue weighted by molar-refractivity contribution is 6.32. The summed E-state index contributed by atoms with van der Waals surface area (Å²) in [6.07, 6.45) is 0.815. The lowest BCUT2D eigenvalue weighted by Crippen LogP contribution is -2.01. The van der Waals surface area contributed by atoms with Crippen LogP contribution in [0.25, 0.3) is 0 Å². The number of benzene rings is 2. The summed E-state index contributed by atoms with van der Waals surface area (Å²) >= 11 is 0. The van der Waals surface area contributed by atoms with E-state index in [0.717, 1.165) is 17.4 Å². The van der Waals surface area contributed by atoms with Gasteiger partial charge in [0, 0.05) is 11.4 Å². The van der Waals surface area contributed by atoms with Crippen LogP contribution in [-0.4, -0.2) is 7.85 Å². The summed E-state index contributed by atoms with van der Waals surface area (Å²) in [5, 5.41) is 0. The Morgan fingerprint density at radius 2 is 1.38 bits per heavy atom. The number of nitrogen functional groups attached to an aromatic ring is 2. The number of nitrogens with two attached hydrogens (primary N) is 2. The van der Waals surface area contributed by atoms with Crippen molar-refractivity contribution in [2.75, 3.05) is 11.5 Å². The molecule has 2 aromatic carbocycles. The van der Waals surface area contributed by atoms with E-state index in [1.165, 1.54) is 5.56 Å². The fourth-order valence-corrected chi connectivity index (χ4v) is 1.72. The Balaban J connectivity index is 2.23. The molecule has 0 aliphatic carbocycles. The Labute approximate surface area is 96.7 Å². The lowest BCUT2D eigenvalue weighted by atomic mass is 9.94. The van der Waals surface area contributed by atoms with Gasteiger partial charge in [-0.15, -0.1) is 0 Å². The smallest absolute Gasteiger partial charge is 0.113 e. The summed E-state index contributed by atoms with van der Waals surface area (Å²) in [6.45, 7) is 0. The minimum atomic E-state index is 0.699. The van der Waals surface area contributed by atoms with Crippen molar-refractivity contribution < 1.29 is 0 Å². The quantitative estimate of drug-likeness (QED) is 0.576. The maximum Gasteiger partial charge on any atom is 0.113 e. The number of hydrogen-bond donors (Lipinski definition) is 2. The van der Waals surface area contributed by atoms with Crippen molar-refractivity contribution >= 4 is 24.7 Å². The SMILES string of the molecule is [B]c1ccc(Cc2cc(N)cc(N)c2)cc1. The van der Waals surface area contributed by atoms with Crippen LogP contribution in [0.1, 0.15) is 11.1 Å². The maximum atomic E-state index is 5.74. The van der Waals surface area contributed by atoms with Crippen molar-refractivity contribution in [3.63, 3.8) is 0 Å². The van der Waals surface area contributed by atoms with E-state index in [0.29, 0.717) is 11.4 Å². The molecule has 0 aliphatic rings. The Kier molecular flexibility index (Phi) is 2.86. The molecular weight excluding hydrogens is 195 g/mol. The van der Waals surface area contributed by atoms with E-state index >= 15 is 0 Å². The molecule has 78 valence electrons. The van der Waals surface area contributed by atoms with Gasteiger partial charge < -0.3 is 11.5 Å². The van der Waals surface area contributed by atoms with E-state index in [1.807, 2.05) is 36.4 Å². The molecule has 2 radical (unpaired) electrons. The van der Waals surface area contributed by atoms with Gasteiger partial charge in [0.25, 0.3) is 0 Å². The second-order valence-electron chi connectivity index (χ2n) is 3.93. The second kappa shape index (κ2) is 4.31. The molecule has 0 saturated carbocycles.